The zero-order chi connectivity index (χ0) is 16.7. The Morgan fingerprint density at radius 3 is 2.52 bits per heavy atom. The average Bonchev–Trinajstić information content (AvgIpc) is 2.96. The molecule has 1 aromatic heterocycles. The summed E-state index contributed by atoms with van der Waals surface area (Å²) in [5, 5.41) is 13.3. The first-order chi connectivity index (χ1) is 10.9. The third kappa shape index (κ3) is 3.00. The molecule has 7 nitrogen and oxygen atoms in total. The summed E-state index contributed by atoms with van der Waals surface area (Å²) in [6, 6.07) is 1.44. The van der Waals surface area contributed by atoms with E-state index in [0.717, 1.165) is 24.2 Å². The van der Waals surface area contributed by atoms with Gasteiger partial charge in [0.05, 0.1) is 5.41 Å². The van der Waals surface area contributed by atoms with E-state index < -0.39 is 27.3 Å². The molecule has 0 unspecified atom stereocenters. The van der Waals surface area contributed by atoms with E-state index in [2.05, 4.69) is 5.32 Å². The zero-order valence-corrected chi connectivity index (χ0v) is 14.1. The molecule has 1 aliphatic heterocycles. The van der Waals surface area contributed by atoms with Gasteiger partial charge in [-0.1, -0.05) is 0 Å². The number of aliphatic carboxylic acids is 1. The van der Waals surface area contributed by atoms with E-state index in [0.29, 0.717) is 25.9 Å². The molecule has 1 amide bonds. The van der Waals surface area contributed by atoms with Gasteiger partial charge in [0.2, 0.25) is 10.0 Å². The number of carbonyl (C=O) groups excluding carboxylic acids is 1. The van der Waals surface area contributed by atoms with Crippen molar-refractivity contribution in [3.8, 4) is 0 Å². The van der Waals surface area contributed by atoms with Crippen molar-refractivity contribution in [3.63, 3.8) is 0 Å². The first kappa shape index (κ1) is 16.4. The molecule has 2 N–H and O–H groups in total. The van der Waals surface area contributed by atoms with Gasteiger partial charge >= 0.3 is 5.97 Å². The van der Waals surface area contributed by atoms with Gasteiger partial charge in [0.15, 0.2) is 0 Å². The molecular weight excluding hydrogens is 340 g/mol. The molecule has 0 bridgehead atoms. The Morgan fingerprint density at radius 2 is 1.96 bits per heavy atom. The van der Waals surface area contributed by atoms with Crippen molar-refractivity contribution in [2.45, 2.75) is 30.6 Å². The fraction of sp³-hybridized carbons (Fsp3) is 0.571. The van der Waals surface area contributed by atoms with Gasteiger partial charge in [-0.05, 0) is 37.1 Å². The van der Waals surface area contributed by atoms with E-state index in [9.17, 15) is 18.0 Å². The minimum Gasteiger partial charge on any atom is -0.481 e. The summed E-state index contributed by atoms with van der Waals surface area (Å²) < 4.78 is 26.6. The van der Waals surface area contributed by atoms with Crippen LogP contribution in [0.2, 0.25) is 0 Å². The van der Waals surface area contributed by atoms with Crippen LogP contribution in [-0.4, -0.2) is 49.3 Å². The first-order valence-corrected chi connectivity index (χ1v) is 9.78. The first-order valence-electron chi connectivity index (χ1n) is 7.46. The Hall–Kier alpha value is -1.45. The highest BCUT2D eigenvalue weighted by atomic mass is 32.2. The van der Waals surface area contributed by atoms with E-state index in [4.69, 9.17) is 5.11 Å². The van der Waals surface area contributed by atoms with Gasteiger partial charge in [0.25, 0.3) is 5.91 Å². The lowest BCUT2D eigenvalue weighted by atomic mass is 10.1. The smallest absolute Gasteiger partial charge is 0.311 e. The molecule has 1 saturated carbocycles. The molecule has 0 spiro atoms. The van der Waals surface area contributed by atoms with Crippen LogP contribution >= 0.6 is 11.3 Å². The molecule has 126 valence electrons. The van der Waals surface area contributed by atoms with Crippen LogP contribution in [0.25, 0.3) is 0 Å². The second kappa shape index (κ2) is 5.88. The van der Waals surface area contributed by atoms with E-state index in [1.54, 1.807) is 5.38 Å². The van der Waals surface area contributed by atoms with Crippen molar-refractivity contribution < 1.29 is 23.1 Å². The van der Waals surface area contributed by atoms with Crippen LogP contribution in [0.4, 0.5) is 0 Å². The molecule has 0 atom stereocenters. The lowest BCUT2D eigenvalue weighted by Gasteiger charge is -2.16. The third-order valence-corrected chi connectivity index (χ3v) is 7.40. The third-order valence-electron chi connectivity index (χ3n) is 4.41. The van der Waals surface area contributed by atoms with Crippen LogP contribution in [0, 0.1) is 5.41 Å². The quantitative estimate of drug-likeness (QED) is 0.793. The molecule has 2 fully saturated rings. The maximum absolute atomic E-state index is 12.6. The highest BCUT2D eigenvalue weighted by molar-refractivity contribution is 7.89. The average molecular weight is 358 g/mol. The van der Waals surface area contributed by atoms with Gasteiger partial charge in [-0.2, -0.15) is 4.31 Å². The van der Waals surface area contributed by atoms with Gasteiger partial charge in [0, 0.05) is 19.6 Å². The van der Waals surface area contributed by atoms with Gasteiger partial charge in [-0.25, -0.2) is 8.42 Å². The molecule has 9 heteroatoms. The molecule has 1 aromatic rings. The zero-order valence-electron chi connectivity index (χ0n) is 12.4. The van der Waals surface area contributed by atoms with Crippen molar-refractivity contribution >= 4 is 33.2 Å². The Morgan fingerprint density at radius 1 is 1.30 bits per heavy atom. The number of carbonyl (C=O) groups is 2. The molecule has 2 aliphatic rings. The Labute approximate surface area is 138 Å². The lowest BCUT2D eigenvalue weighted by Crippen LogP contribution is -2.35. The number of hydrogen-bond acceptors (Lipinski definition) is 5. The van der Waals surface area contributed by atoms with Crippen molar-refractivity contribution in [2.24, 2.45) is 5.41 Å². The standard InChI is InChI=1S/C14H18N2O5S2/c17-12(15-9-14(4-5-14)13(18)19)11-10(3-8-22-11)23(20,21)16-6-1-2-7-16/h3,8H,1-2,4-7,9H2,(H,15,17)(H,18,19). The molecule has 23 heavy (non-hydrogen) atoms. The number of hydrogen-bond donors (Lipinski definition) is 2. The molecule has 1 aliphatic carbocycles. The number of carboxylic acid groups (broad SMARTS) is 1. The maximum Gasteiger partial charge on any atom is 0.311 e. The summed E-state index contributed by atoms with van der Waals surface area (Å²) in [5.74, 6) is -1.45. The lowest BCUT2D eigenvalue weighted by molar-refractivity contribution is -0.143. The molecule has 3 rings (SSSR count). The van der Waals surface area contributed by atoms with Crippen LogP contribution in [0.5, 0.6) is 0 Å². The van der Waals surface area contributed by atoms with Crippen LogP contribution < -0.4 is 5.32 Å². The summed E-state index contributed by atoms with van der Waals surface area (Å²) in [6.07, 6.45) is 2.72. The van der Waals surface area contributed by atoms with Crippen LogP contribution in [-0.2, 0) is 14.8 Å². The van der Waals surface area contributed by atoms with Crippen molar-refractivity contribution in [2.75, 3.05) is 19.6 Å². The highest BCUT2D eigenvalue weighted by Gasteiger charge is 2.50. The van der Waals surface area contributed by atoms with E-state index in [-0.39, 0.29) is 16.3 Å². The minimum absolute atomic E-state index is 0.0158. The maximum atomic E-state index is 12.6. The predicted octanol–water partition coefficient (Wildman–Crippen LogP) is 1.13. The summed E-state index contributed by atoms with van der Waals surface area (Å²) in [5.41, 5.74) is -0.874. The fourth-order valence-electron chi connectivity index (χ4n) is 2.68. The summed E-state index contributed by atoms with van der Waals surface area (Å²) in [4.78, 5) is 23.6. The van der Waals surface area contributed by atoms with Crippen molar-refractivity contribution in [1.29, 1.82) is 0 Å². The number of nitrogens with one attached hydrogen (secondary N) is 1. The topological polar surface area (TPSA) is 104 Å². The van der Waals surface area contributed by atoms with Gasteiger partial charge in [0.1, 0.15) is 9.77 Å². The number of carboxylic acids is 1. The van der Waals surface area contributed by atoms with E-state index in [1.807, 2.05) is 0 Å². The van der Waals surface area contributed by atoms with Crippen LogP contribution in [0.1, 0.15) is 35.4 Å². The van der Waals surface area contributed by atoms with Gasteiger partial charge in [-0.3, -0.25) is 9.59 Å². The second-order valence-corrected chi connectivity index (χ2v) is 8.82. The van der Waals surface area contributed by atoms with E-state index >= 15 is 0 Å². The summed E-state index contributed by atoms with van der Waals surface area (Å²) in [6.45, 7) is 0.977. The van der Waals surface area contributed by atoms with Crippen molar-refractivity contribution in [3.05, 3.63) is 16.3 Å². The second-order valence-electron chi connectivity index (χ2n) is 5.99. The Balaban J connectivity index is 1.75. The molecule has 0 radical (unpaired) electrons. The number of rotatable bonds is 6. The number of thiophene rings is 1. The van der Waals surface area contributed by atoms with E-state index in [1.165, 1.54) is 10.4 Å². The number of sulfonamides is 1. The molecule has 1 saturated heterocycles. The number of nitrogens with zero attached hydrogens (tertiary/aromatic N) is 1. The fourth-order valence-corrected chi connectivity index (χ4v) is 5.51. The van der Waals surface area contributed by atoms with Gasteiger partial charge in [-0.15, -0.1) is 11.3 Å². The van der Waals surface area contributed by atoms with Gasteiger partial charge < -0.3 is 10.4 Å². The van der Waals surface area contributed by atoms with Crippen molar-refractivity contribution in [1.82, 2.24) is 9.62 Å². The minimum atomic E-state index is -3.66. The SMILES string of the molecule is O=C(NCC1(C(=O)O)CC1)c1sccc1S(=O)(=O)N1CCCC1. The largest absolute Gasteiger partial charge is 0.481 e. The summed E-state index contributed by atoms with van der Waals surface area (Å²) in [7, 11) is -3.66. The number of amides is 1. The molecule has 2 heterocycles. The normalized spacial score (nSPS) is 20.3. The van der Waals surface area contributed by atoms with Crippen LogP contribution in [0.3, 0.4) is 0 Å². The molecular formula is C14H18N2O5S2. The summed E-state index contributed by atoms with van der Waals surface area (Å²) >= 11 is 1.06. The Kier molecular flexibility index (Phi) is 4.19. The monoisotopic (exact) mass is 358 g/mol. The predicted molar refractivity (Wildman–Crippen MR) is 83.9 cm³/mol. The Bertz CT molecular complexity index is 730. The van der Waals surface area contributed by atoms with Crippen LogP contribution in [0.15, 0.2) is 16.3 Å². The molecule has 0 aromatic carbocycles. The highest BCUT2D eigenvalue weighted by Crippen LogP contribution is 2.45.